The molecule has 2 aromatic rings. The van der Waals surface area contributed by atoms with Gasteiger partial charge in [0.15, 0.2) is 0 Å². The van der Waals surface area contributed by atoms with Gasteiger partial charge in [-0.3, -0.25) is 14.5 Å². The first-order chi connectivity index (χ1) is 17.1. The number of nitrogens with zero attached hydrogens (tertiary/aromatic N) is 2. The van der Waals surface area contributed by atoms with Crippen molar-refractivity contribution in [1.29, 1.82) is 0 Å². The molecule has 1 aromatic carbocycles. The van der Waals surface area contributed by atoms with Gasteiger partial charge >= 0.3 is 6.09 Å². The lowest BCUT2D eigenvalue weighted by Gasteiger charge is -2.31. The van der Waals surface area contributed by atoms with E-state index in [1.165, 1.54) is 22.7 Å². The number of carbonyl (C=O) groups excluding carboxylic acids is 3. The zero-order chi connectivity index (χ0) is 25.9. The van der Waals surface area contributed by atoms with Crippen molar-refractivity contribution in [3.05, 3.63) is 39.5 Å². The van der Waals surface area contributed by atoms with Crippen molar-refractivity contribution >= 4 is 57.9 Å². The highest BCUT2D eigenvalue weighted by Crippen LogP contribution is 2.35. The van der Waals surface area contributed by atoms with Crippen LogP contribution in [0.3, 0.4) is 0 Å². The Morgan fingerprint density at radius 3 is 2.56 bits per heavy atom. The molecule has 0 aliphatic carbocycles. The molecule has 1 unspecified atom stereocenters. The second-order valence-corrected chi connectivity index (χ2v) is 12.2. The highest BCUT2D eigenvalue weighted by Gasteiger charge is 2.33. The Kier molecular flexibility index (Phi) is 8.10. The van der Waals surface area contributed by atoms with Gasteiger partial charge < -0.3 is 20.3 Å². The highest BCUT2D eigenvalue weighted by atomic mass is 35.5. The van der Waals surface area contributed by atoms with Crippen LogP contribution in [-0.4, -0.2) is 50.2 Å². The van der Waals surface area contributed by atoms with Crippen LogP contribution in [0.5, 0.6) is 0 Å². The van der Waals surface area contributed by atoms with Gasteiger partial charge in [-0.25, -0.2) is 4.79 Å². The fourth-order valence-corrected chi connectivity index (χ4v) is 5.41. The second-order valence-electron chi connectivity index (χ2n) is 10.5. The average Bonchev–Trinajstić information content (AvgIpc) is 3.42. The van der Waals surface area contributed by atoms with Crippen LogP contribution in [0.2, 0.25) is 4.34 Å². The molecule has 4 rings (SSSR count). The minimum Gasteiger partial charge on any atom is -0.442 e. The molecule has 2 N–H and O–H groups in total. The van der Waals surface area contributed by atoms with Gasteiger partial charge in [0, 0.05) is 25.2 Å². The summed E-state index contributed by atoms with van der Waals surface area (Å²) in [7, 11) is 0. The molecular weight excluding hydrogens is 500 g/mol. The Labute approximate surface area is 220 Å². The van der Waals surface area contributed by atoms with E-state index in [4.69, 9.17) is 16.3 Å². The summed E-state index contributed by atoms with van der Waals surface area (Å²) >= 11 is 7.10. The van der Waals surface area contributed by atoms with Crippen molar-refractivity contribution in [3.63, 3.8) is 0 Å². The van der Waals surface area contributed by atoms with Crippen LogP contribution in [0.25, 0.3) is 0 Å². The maximum absolute atomic E-state index is 12.8. The minimum absolute atomic E-state index is 0.0591. The normalized spacial score (nSPS) is 18.2. The van der Waals surface area contributed by atoms with Crippen molar-refractivity contribution in [2.24, 2.45) is 5.41 Å². The molecule has 1 aromatic heterocycles. The van der Waals surface area contributed by atoms with Gasteiger partial charge in [-0.1, -0.05) is 32.4 Å². The van der Waals surface area contributed by atoms with E-state index in [-0.39, 0.29) is 23.8 Å². The Bertz CT molecular complexity index is 1120. The topological polar surface area (TPSA) is 91.0 Å². The molecule has 2 aliphatic rings. The van der Waals surface area contributed by atoms with E-state index in [2.05, 4.69) is 15.5 Å². The van der Waals surface area contributed by atoms with Gasteiger partial charge in [-0.15, -0.1) is 11.3 Å². The first kappa shape index (κ1) is 26.3. The summed E-state index contributed by atoms with van der Waals surface area (Å²) in [5.74, 6) is -0.313. The number of amides is 3. The summed E-state index contributed by atoms with van der Waals surface area (Å²) in [6.45, 7) is 8.44. The Hall–Kier alpha value is -2.78. The molecule has 0 spiro atoms. The van der Waals surface area contributed by atoms with E-state index in [1.807, 2.05) is 39.0 Å². The Balaban J connectivity index is 1.47. The Morgan fingerprint density at radius 1 is 1.14 bits per heavy atom. The van der Waals surface area contributed by atoms with Crippen LogP contribution in [0.1, 0.15) is 56.1 Å². The standard InChI is InChI=1S/C26H33ClN4O4S/c1-26(2,3)14-23(32)29-19-13-17(7-8-20(19)30-11-5-4-6-12-30)31-16-18(35-25(31)34)15-28-24(33)21-9-10-22(27)36-21/h7-10,13,18H,4-6,11-12,14-16H2,1-3H3,(H,28,33)(H,29,32). The van der Waals surface area contributed by atoms with Crippen molar-refractivity contribution in [2.45, 2.75) is 52.6 Å². The number of carbonyl (C=O) groups is 3. The summed E-state index contributed by atoms with van der Waals surface area (Å²) in [6, 6.07) is 9.04. The monoisotopic (exact) mass is 532 g/mol. The molecule has 2 fully saturated rings. The largest absolute Gasteiger partial charge is 0.442 e. The average molecular weight is 533 g/mol. The lowest BCUT2D eigenvalue weighted by Crippen LogP contribution is -2.34. The van der Waals surface area contributed by atoms with Crippen LogP contribution in [0, 0.1) is 5.41 Å². The molecule has 2 aliphatic heterocycles. The summed E-state index contributed by atoms with van der Waals surface area (Å²) in [5, 5.41) is 5.89. The van der Waals surface area contributed by atoms with Gasteiger partial charge in [0.05, 0.1) is 33.7 Å². The number of nitrogens with one attached hydrogen (secondary N) is 2. The second kappa shape index (κ2) is 11.1. The number of hydrogen-bond acceptors (Lipinski definition) is 6. The van der Waals surface area contributed by atoms with Crippen molar-refractivity contribution in [2.75, 3.05) is 41.3 Å². The summed E-state index contributed by atoms with van der Waals surface area (Å²) < 4.78 is 6.04. The smallest absolute Gasteiger partial charge is 0.414 e. The molecule has 2 saturated heterocycles. The molecule has 0 saturated carbocycles. The third-order valence-corrected chi connectivity index (χ3v) is 7.34. The fourth-order valence-electron chi connectivity index (χ4n) is 4.45. The van der Waals surface area contributed by atoms with Gasteiger partial charge in [-0.05, 0) is 55.0 Å². The number of piperidine rings is 1. The predicted octanol–water partition coefficient (Wildman–Crippen LogP) is 5.52. The quantitative estimate of drug-likeness (QED) is 0.490. The van der Waals surface area contributed by atoms with E-state index < -0.39 is 12.2 Å². The Morgan fingerprint density at radius 2 is 1.89 bits per heavy atom. The number of rotatable bonds is 7. The van der Waals surface area contributed by atoms with Crippen molar-refractivity contribution < 1.29 is 19.1 Å². The molecular formula is C26H33ClN4O4S. The summed E-state index contributed by atoms with van der Waals surface area (Å²) in [6.07, 6.45) is 2.85. The van der Waals surface area contributed by atoms with Gasteiger partial charge in [0.1, 0.15) is 6.10 Å². The van der Waals surface area contributed by atoms with E-state index in [0.29, 0.717) is 33.6 Å². The zero-order valence-electron chi connectivity index (χ0n) is 20.9. The SMILES string of the molecule is CC(C)(C)CC(=O)Nc1cc(N2CC(CNC(=O)c3ccc(Cl)s3)OC2=O)ccc1N1CCCCC1. The van der Waals surface area contributed by atoms with Crippen LogP contribution in [0.4, 0.5) is 21.9 Å². The maximum atomic E-state index is 12.8. The number of cyclic esters (lactones) is 1. The lowest BCUT2D eigenvalue weighted by molar-refractivity contribution is -0.117. The molecule has 10 heteroatoms. The lowest BCUT2D eigenvalue weighted by atomic mass is 9.92. The summed E-state index contributed by atoms with van der Waals surface area (Å²) in [5.41, 5.74) is 2.16. The molecule has 0 radical (unpaired) electrons. The number of thiophene rings is 1. The molecule has 1 atom stereocenters. The number of anilines is 3. The van der Waals surface area contributed by atoms with Crippen LogP contribution in [-0.2, 0) is 9.53 Å². The molecule has 3 amide bonds. The molecule has 3 heterocycles. The van der Waals surface area contributed by atoms with Gasteiger partial charge in [0.2, 0.25) is 5.91 Å². The number of benzene rings is 1. The van der Waals surface area contributed by atoms with Gasteiger partial charge in [-0.2, -0.15) is 0 Å². The van der Waals surface area contributed by atoms with Gasteiger partial charge in [0.25, 0.3) is 5.91 Å². The highest BCUT2D eigenvalue weighted by molar-refractivity contribution is 7.18. The van der Waals surface area contributed by atoms with E-state index in [1.54, 1.807) is 12.1 Å². The predicted molar refractivity (Wildman–Crippen MR) is 144 cm³/mol. The van der Waals surface area contributed by atoms with E-state index in [9.17, 15) is 14.4 Å². The van der Waals surface area contributed by atoms with E-state index in [0.717, 1.165) is 31.6 Å². The number of ether oxygens (including phenoxy) is 1. The molecule has 0 bridgehead atoms. The maximum Gasteiger partial charge on any atom is 0.414 e. The van der Waals surface area contributed by atoms with Crippen LogP contribution in [0.15, 0.2) is 30.3 Å². The minimum atomic E-state index is -0.488. The van der Waals surface area contributed by atoms with Crippen LogP contribution >= 0.6 is 22.9 Å². The number of hydrogen-bond donors (Lipinski definition) is 2. The molecule has 8 nitrogen and oxygen atoms in total. The zero-order valence-corrected chi connectivity index (χ0v) is 22.5. The fraction of sp³-hybridized carbons (Fsp3) is 0.500. The van der Waals surface area contributed by atoms with E-state index >= 15 is 0 Å². The molecule has 36 heavy (non-hydrogen) atoms. The third-order valence-electron chi connectivity index (χ3n) is 6.11. The summed E-state index contributed by atoms with van der Waals surface area (Å²) in [4.78, 5) is 42.1. The van der Waals surface area contributed by atoms with Crippen LogP contribution < -0.4 is 20.4 Å². The van der Waals surface area contributed by atoms with Crippen molar-refractivity contribution in [3.8, 4) is 0 Å². The first-order valence-corrected chi connectivity index (χ1v) is 13.5. The first-order valence-electron chi connectivity index (χ1n) is 12.3. The van der Waals surface area contributed by atoms with Crippen molar-refractivity contribution in [1.82, 2.24) is 5.32 Å². The molecule has 194 valence electrons. The third kappa shape index (κ3) is 6.70. The number of halogens is 1.